The van der Waals surface area contributed by atoms with E-state index in [-0.39, 0.29) is 12.6 Å². The van der Waals surface area contributed by atoms with Crippen LogP contribution < -0.4 is 5.32 Å². The molecule has 0 aliphatic heterocycles. The summed E-state index contributed by atoms with van der Waals surface area (Å²) in [4.78, 5) is 4.42. The molecule has 0 aliphatic rings. The van der Waals surface area contributed by atoms with Gasteiger partial charge in [-0.3, -0.25) is 0 Å². The van der Waals surface area contributed by atoms with Gasteiger partial charge in [0.05, 0.1) is 24.1 Å². The number of alkyl halides is 3. The third-order valence-corrected chi connectivity index (χ3v) is 3.34. The van der Waals surface area contributed by atoms with Crippen LogP contribution >= 0.6 is 15.9 Å². The molecule has 0 saturated carbocycles. The summed E-state index contributed by atoms with van der Waals surface area (Å²) in [6.45, 7) is 3.04. The number of benzene rings is 1. The van der Waals surface area contributed by atoms with Crippen LogP contribution in [0, 0.1) is 0 Å². The molecule has 1 N–H and O–H groups in total. The van der Waals surface area contributed by atoms with E-state index < -0.39 is 12.7 Å². The van der Waals surface area contributed by atoms with Gasteiger partial charge in [0, 0.05) is 10.5 Å². The highest BCUT2D eigenvalue weighted by Gasteiger charge is 2.26. The van der Waals surface area contributed by atoms with Crippen LogP contribution in [-0.4, -0.2) is 22.3 Å². The van der Waals surface area contributed by atoms with Crippen LogP contribution in [0.3, 0.4) is 0 Å². The molecule has 0 fully saturated rings. The van der Waals surface area contributed by atoms with Gasteiger partial charge in [-0.2, -0.15) is 13.2 Å². The molecule has 0 atom stereocenters. The van der Waals surface area contributed by atoms with Gasteiger partial charge in [-0.05, 0) is 32.0 Å². The molecule has 20 heavy (non-hydrogen) atoms. The molecule has 0 radical (unpaired) electrons. The van der Waals surface area contributed by atoms with E-state index in [0.29, 0.717) is 5.82 Å². The van der Waals surface area contributed by atoms with E-state index in [2.05, 4.69) is 26.2 Å². The lowest BCUT2D eigenvalue weighted by Gasteiger charge is -2.14. The average Bonchev–Trinajstić information content (AvgIpc) is 2.64. The monoisotopic (exact) mass is 349 g/mol. The van der Waals surface area contributed by atoms with E-state index in [1.807, 2.05) is 36.6 Å². The molecule has 7 heteroatoms. The summed E-state index contributed by atoms with van der Waals surface area (Å²) in [6, 6.07) is 5.81. The van der Waals surface area contributed by atoms with Gasteiger partial charge in [0.1, 0.15) is 5.82 Å². The predicted octanol–water partition coefficient (Wildman–Crippen LogP) is 4.03. The number of hydrogen-bond acceptors (Lipinski definition) is 2. The van der Waals surface area contributed by atoms with E-state index in [4.69, 9.17) is 0 Å². The lowest BCUT2D eigenvalue weighted by molar-refractivity contribution is -0.125. The van der Waals surface area contributed by atoms with Crippen LogP contribution in [-0.2, 0) is 6.54 Å². The molecular formula is C13H15BrF3N3. The third-order valence-electron chi connectivity index (χ3n) is 2.85. The van der Waals surface area contributed by atoms with Gasteiger partial charge in [-0.1, -0.05) is 15.9 Å². The summed E-state index contributed by atoms with van der Waals surface area (Å²) in [6.07, 6.45) is -4.21. The smallest absolute Gasteiger partial charge is 0.324 e. The highest BCUT2D eigenvalue weighted by molar-refractivity contribution is 9.10. The Kier molecular flexibility index (Phi) is 4.39. The number of nitrogens with one attached hydrogen (secondary N) is 1. The van der Waals surface area contributed by atoms with Crippen molar-refractivity contribution in [3.63, 3.8) is 0 Å². The van der Waals surface area contributed by atoms with Gasteiger partial charge in [0.2, 0.25) is 0 Å². The van der Waals surface area contributed by atoms with Crippen molar-refractivity contribution in [1.82, 2.24) is 14.9 Å². The molecular weight excluding hydrogens is 335 g/mol. The van der Waals surface area contributed by atoms with Crippen molar-refractivity contribution < 1.29 is 13.2 Å². The minimum atomic E-state index is -4.21. The fourth-order valence-corrected chi connectivity index (χ4v) is 2.49. The summed E-state index contributed by atoms with van der Waals surface area (Å²) in [5, 5.41) is 2.39. The molecule has 0 aliphatic carbocycles. The molecule has 0 amide bonds. The van der Waals surface area contributed by atoms with Crippen molar-refractivity contribution in [2.45, 2.75) is 32.6 Å². The summed E-state index contributed by atoms with van der Waals surface area (Å²) < 4.78 is 39.4. The highest BCUT2D eigenvalue weighted by Crippen LogP contribution is 2.24. The largest absolute Gasteiger partial charge is 0.401 e. The van der Waals surface area contributed by atoms with Crippen molar-refractivity contribution >= 4 is 27.0 Å². The maximum atomic E-state index is 12.2. The molecule has 1 aromatic heterocycles. The zero-order valence-electron chi connectivity index (χ0n) is 11.1. The van der Waals surface area contributed by atoms with Crippen LogP contribution in [0.15, 0.2) is 22.7 Å². The van der Waals surface area contributed by atoms with Gasteiger partial charge in [0.25, 0.3) is 0 Å². The highest BCUT2D eigenvalue weighted by atomic mass is 79.9. The van der Waals surface area contributed by atoms with Crippen LogP contribution in [0.5, 0.6) is 0 Å². The number of nitrogens with zero attached hydrogens (tertiary/aromatic N) is 2. The van der Waals surface area contributed by atoms with Gasteiger partial charge < -0.3 is 9.88 Å². The molecule has 0 spiro atoms. The summed E-state index contributed by atoms with van der Waals surface area (Å²) >= 11 is 3.37. The van der Waals surface area contributed by atoms with E-state index >= 15 is 0 Å². The normalized spacial score (nSPS) is 12.6. The number of hydrogen-bond donors (Lipinski definition) is 1. The minimum absolute atomic E-state index is 0.0873. The summed E-state index contributed by atoms with van der Waals surface area (Å²) in [7, 11) is 0. The SMILES string of the molecule is CC(C)n1c(CNCC(F)(F)F)nc2cc(Br)ccc21. The van der Waals surface area contributed by atoms with E-state index in [1.54, 1.807) is 0 Å². The molecule has 2 aromatic rings. The molecule has 0 unspecified atom stereocenters. The third kappa shape index (κ3) is 3.52. The van der Waals surface area contributed by atoms with Crippen molar-refractivity contribution in [2.24, 2.45) is 0 Å². The lowest BCUT2D eigenvalue weighted by Crippen LogP contribution is -2.29. The Morgan fingerprint density at radius 1 is 1.35 bits per heavy atom. The van der Waals surface area contributed by atoms with Crippen LogP contribution in [0.25, 0.3) is 11.0 Å². The van der Waals surface area contributed by atoms with Crippen molar-refractivity contribution in [1.29, 1.82) is 0 Å². The Labute approximate surface area is 123 Å². The number of aromatic nitrogens is 2. The molecule has 1 aromatic carbocycles. The van der Waals surface area contributed by atoms with E-state index in [0.717, 1.165) is 15.5 Å². The Morgan fingerprint density at radius 2 is 2.05 bits per heavy atom. The quantitative estimate of drug-likeness (QED) is 0.902. The summed E-state index contributed by atoms with van der Waals surface area (Å²) in [5.41, 5.74) is 1.70. The molecule has 1 heterocycles. The van der Waals surface area contributed by atoms with E-state index in [1.165, 1.54) is 0 Å². The van der Waals surface area contributed by atoms with Gasteiger partial charge in [-0.25, -0.2) is 4.98 Å². The second-order valence-electron chi connectivity index (χ2n) is 4.84. The molecule has 0 saturated heterocycles. The predicted molar refractivity (Wildman–Crippen MR) is 75.6 cm³/mol. The minimum Gasteiger partial charge on any atom is -0.324 e. The first-order valence-corrected chi connectivity index (χ1v) is 7.01. The first-order chi connectivity index (χ1) is 9.28. The fraction of sp³-hybridized carbons (Fsp3) is 0.462. The zero-order chi connectivity index (χ0) is 14.9. The lowest BCUT2D eigenvalue weighted by atomic mass is 10.3. The second kappa shape index (κ2) is 5.73. The Bertz CT molecular complexity index is 605. The van der Waals surface area contributed by atoms with Crippen molar-refractivity contribution in [2.75, 3.05) is 6.54 Å². The Hall–Kier alpha value is -1.08. The van der Waals surface area contributed by atoms with Gasteiger partial charge in [-0.15, -0.1) is 0 Å². The molecule has 110 valence electrons. The topological polar surface area (TPSA) is 29.9 Å². The van der Waals surface area contributed by atoms with Crippen LogP contribution in [0.4, 0.5) is 13.2 Å². The maximum Gasteiger partial charge on any atom is 0.401 e. The number of fused-ring (bicyclic) bond motifs is 1. The fourth-order valence-electron chi connectivity index (χ4n) is 2.14. The Morgan fingerprint density at radius 3 is 2.65 bits per heavy atom. The number of rotatable bonds is 4. The van der Waals surface area contributed by atoms with Crippen molar-refractivity contribution in [3.8, 4) is 0 Å². The second-order valence-corrected chi connectivity index (χ2v) is 5.76. The van der Waals surface area contributed by atoms with E-state index in [9.17, 15) is 13.2 Å². The zero-order valence-corrected chi connectivity index (χ0v) is 12.7. The first kappa shape index (κ1) is 15.3. The Balaban J connectivity index is 2.30. The first-order valence-electron chi connectivity index (χ1n) is 6.22. The maximum absolute atomic E-state index is 12.2. The average molecular weight is 350 g/mol. The number of halogens is 4. The van der Waals surface area contributed by atoms with Crippen LogP contribution in [0.2, 0.25) is 0 Å². The van der Waals surface area contributed by atoms with Crippen molar-refractivity contribution in [3.05, 3.63) is 28.5 Å². The standard InChI is InChI=1S/C13H15BrF3N3/c1-8(2)20-11-4-3-9(14)5-10(11)19-12(20)6-18-7-13(15,16)17/h3-5,8,18H,6-7H2,1-2H3. The molecule has 2 rings (SSSR count). The number of imidazole rings is 1. The van der Waals surface area contributed by atoms with Gasteiger partial charge >= 0.3 is 6.18 Å². The molecule has 3 nitrogen and oxygen atoms in total. The van der Waals surface area contributed by atoms with Crippen LogP contribution in [0.1, 0.15) is 25.7 Å². The summed E-state index contributed by atoms with van der Waals surface area (Å²) in [5.74, 6) is 0.609. The molecule has 0 bridgehead atoms. The van der Waals surface area contributed by atoms with Gasteiger partial charge in [0.15, 0.2) is 0 Å².